The van der Waals surface area contributed by atoms with E-state index >= 15 is 0 Å². The van der Waals surface area contributed by atoms with Crippen LogP contribution >= 0.6 is 11.5 Å². The molecule has 1 N–H and O–H groups in total. The minimum absolute atomic E-state index is 0.150. The number of aryl methyl sites for hydroxylation is 2. The smallest absolute Gasteiger partial charge is 0.0970 e. The second-order valence-electron chi connectivity index (χ2n) is 4.24. The molecule has 0 saturated heterocycles. The highest BCUT2D eigenvalue weighted by Crippen LogP contribution is 2.23. The monoisotopic (exact) mass is 247 g/mol. The van der Waals surface area contributed by atoms with Crippen LogP contribution in [0.2, 0.25) is 0 Å². The van der Waals surface area contributed by atoms with E-state index in [1.807, 2.05) is 5.38 Å². The third-order valence-corrected chi connectivity index (χ3v) is 3.18. The van der Waals surface area contributed by atoms with Crippen molar-refractivity contribution in [1.82, 2.24) is 14.9 Å². The first-order valence-corrected chi connectivity index (χ1v) is 6.63. The quantitative estimate of drug-likeness (QED) is 0.902. The molecule has 0 spiro atoms. The van der Waals surface area contributed by atoms with Gasteiger partial charge in [-0.15, -0.1) is 5.10 Å². The summed E-state index contributed by atoms with van der Waals surface area (Å²) in [7, 11) is 0. The molecule has 4 heteroatoms. The van der Waals surface area contributed by atoms with Crippen LogP contribution in [0.5, 0.6) is 0 Å². The fourth-order valence-corrected chi connectivity index (χ4v) is 2.55. The molecule has 90 valence electrons. The van der Waals surface area contributed by atoms with Crippen LogP contribution in [0.15, 0.2) is 23.6 Å². The van der Waals surface area contributed by atoms with Crippen molar-refractivity contribution >= 4 is 11.5 Å². The Kier molecular flexibility index (Phi) is 3.86. The van der Waals surface area contributed by atoms with Crippen LogP contribution in [0, 0.1) is 13.8 Å². The van der Waals surface area contributed by atoms with Gasteiger partial charge in [0.05, 0.1) is 11.7 Å². The maximum absolute atomic E-state index is 4.18. The molecule has 3 nitrogen and oxygen atoms in total. The molecular formula is C13H17N3S. The van der Waals surface area contributed by atoms with Gasteiger partial charge in [-0.05, 0) is 37.5 Å². The molecule has 0 aliphatic rings. The van der Waals surface area contributed by atoms with Gasteiger partial charge in [0.2, 0.25) is 0 Å². The van der Waals surface area contributed by atoms with Crippen molar-refractivity contribution < 1.29 is 0 Å². The zero-order valence-electron chi connectivity index (χ0n) is 10.4. The van der Waals surface area contributed by atoms with Crippen LogP contribution in [0.25, 0.3) is 0 Å². The highest BCUT2D eigenvalue weighted by Gasteiger charge is 2.16. The lowest BCUT2D eigenvalue weighted by Gasteiger charge is -2.17. The summed E-state index contributed by atoms with van der Waals surface area (Å²) in [5.74, 6) is 0. The number of nitrogens with one attached hydrogen (secondary N) is 1. The highest BCUT2D eigenvalue weighted by molar-refractivity contribution is 7.03. The van der Waals surface area contributed by atoms with E-state index in [0.717, 1.165) is 12.2 Å². The first kappa shape index (κ1) is 12.2. The van der Waals surface area contributed by atoms with Gasteiger partial charge >= 0.3 is 0 Å². The fraction of sp³-hybridized carbons (Fsp3) is 0.385. The van der Waals surface area contributed by atoms with E-state index in [2.05, 4.69) is 53.9 Å². The predicted molar refractivity (Wildman–Crippen MR) is 71.3 cm³/mol. The summed E-state index contributed by atoms with van der Waals surface area (Å²) < 4.78 is 3.95. The van der Waals surface area contributed by atoms with Gasteiger partial charge in [0, 0.05) is 5.38 Å². The average Bonchev–Trinajstić information content (AvgIpc) is 2.77. The number of nitrogens with zero attached hydrogens (tertiary/aromatic N) is 2. The van der Waals surface area contributed by atoms with Crippen molar-refractivity contribution in [2.45, 2.75) is 26.8 Å². The normalized spacial score (nSPS) is 12.6. The SMILES string of the molecule is CCNC(c1cc(C)cc(C)c1)c1csnn1. The van der Waals surface area contributed by atoms with E-state index in [-0.39, 0.29) is 6.04 Å². The lowest BCUT2D eigenvalue weighted by molar-refractivity contribution is 0.613. The van der Waals surface area contributed by atoms with Gasteiger partial charge in [-0.2, -0.15) is 0 Å². The van der Waals surface area contributed by atoms with E-state index in [1.165, 1.54) is 28.2 Å². The van der Waals surface area contributed by atoms with Gasteiger partial charge in [0.1, 0.15) is 0 Å². The molecule has 1 aromatic carbocycles. The number of hydrogen-bond acceptors (Lipinski definition) is 4. The van der Waals surface area contributed by atoms with E-state index in [0.29, 0.717) is 0 Å². The van der Waals surface area contributed by atoms with Crippen molar-refractivity contribution in [3.63, 3.8) is 0 Å². The molecule has 0 radical (unpaired) electrons. The Bertz CT molecular complexity index is 459. The van der Waals surface area contributed by atoms with E-state index < -0.39 is 0 Å². The summed E-state index contributed by atoms with van der Waals surface area (Å²) in [5, 5.41) is 9.64. The Morgan fingerprint density at radius 2 is 1.94 bits per heavy atom. The minimum atomic E-state index is 0.150. The molecule has 0 fully saturated rings. The molecule has 17 heavy (non-hydrogen) atoms. The lowest BCUT2D eigenvalue weighted by Crippen LogP contribution is -2.22. The van der Waals surface area contributed by atoms with Crippen molar-refractivity contribution in [2.75, 3.05) is 6.54 Å². The van der Waals surface area contributed by atoms with Gasteiger partial charge < -0.3 is 5.32 Å². The predicted octanol–water partition coefficient (Wildman–Crippen LogP) is 2.85. The van der Waals surface area contributed by atoms with Crippen LogP contribution < -0.4 is 5.32 Å². The topological polar surface area (TPSA) is 37.8 Å². The average molecular weight is 247 g/mol. The van der Waals surface area contributed by atoms with Gasteiger partial charge in [-0.25, -0.2) is 0 Å². The number of aromatic nitrogens is 2. The van der Waals surface area contributed by atoms with Crippen molar-refractivity contribution in [3.05, 3.63) is 46.0 Å². The van der Waals surface area contributed by atoms with Crippen molar-refractivity contribution in [2.24, 2.45) is 0 Å². The van der Waals surface area contributed by atoms with Gasteiger partial charge in [0.15, 0.2) is 0 Å². The van der Waals surface area contributed by atoms with Gasteiger partial charge in [-0.1, -0.05) is 40.7 Å². The Morgan fingerprint density at radius 1 is 1.24 bits per heavy atom. The zero-order chi connectivity index (χ0) is 12.3. The summed E-state index contributed by atoms with van der Waals surface area (Å²) in [5.41, 5.74) is 4.83. The van der Waals surface area contributed by atoms with Crippen LogP contribution in [0.4, 0.5) is 0 Å². The van der Waals surface area contributed by atoms with Crippen LogP contribution in [-0.2, 0) is 0 Å². The summed E-state index contributed by atoms with van der Waals surface area (Å²) >= 11 is 1.40. The number of benzene rings is 1. The van der Waals surface area contributed by atoms with Crippen LogP contribution in [0.1, 0.15) is 35.3 Å². The Labute approximate surface area is 106 Å². The largest absolute Gasteiger partial charge is 0.305 e. The third-order valence-electron chi connectivity index (χ3n) is 2.66. The minimum Gasteiger partial charge on any atom is -0.305 e. The zero-order valence-corrected chi connectivity index (χ0v) is 11.2. The lowest BCUT2D eigenvalue weighted by atomic mass is 9.99. The summed E-state index contributed by atoms with van der Waals surface area (Å²) in [6.45, 7) is 7.27. The van der Waals surface area contributed by atoms with Crippen molar-refractivity contribution in [1.29, 1.82) is 0 Å². The van der Waals surface area contributed by atoms with Crippen molar-refractivity contribution in [3.8, 4) is 0 Å². The molecule has 0 amide bonds. The van der Waals surface area contributed by atoms with Crippen LogP contribution in [0.3, 0.4) is 0 Å². The summed E-state index contributed by atoms with van der Waals surface area (Å²) in [4.78, 5) is 0. The number of rotatable bonds is 4. The molecule has 1 unspecified atom stereocenters. The molecule has 1 heterocycles. The maximum Gasteiger partial charge on any atom is 0.0970 e. The fourth-order valence-electron chi connectivity index (χ4n) is 2.07. The molecular weight excluding hydrogens is 230 g/mol. The maximum atomic E-state index is 4.18. The first-order valence-electron chi connectivity index (χ1n) is 5.79. The molecule has 0 aliphatic carbocycles. The molecule has 0 aliphatic heterocycles. The Balaban J connectivity index is 2.38. The molecule has 2 aromatic rings. The molecule has 1 aromatic heterocycles. The first-order chi connectivity index (χ1) is 8.20. The molecule has 1 atom stereocenters. The second kappa shape index (κ2) is 5.38. The molecule has 0 saturated carbocycles. The third kappa shape index (κ3) is 2.90. The van der Waals surface area contributed by atoms with E-state index in [9.17, 15) is 0 Å². The van der Waals surface area contributed by atoms with E-state index in [1.54, 1.807) is 0 Å². The highest BCUT2D eigenvalue weighted by atomic mass is 32.1. The Hall–Kier alpha value is -1.26. The van der Waals surface area contributed by atoms with Gasteiger partial charge in [-0.3, -0.25) is 0 Å². The van der Waals surface area contributed by atoms with Gasteiger partial charge in [0.25, 0.3) is 0 Å². The second-order valence-corrected chi connectivity index (χ2v) is 4.85. The van der Waals surface area contributed by atoms with Crippen LogP contribution in [-0.4, -0.2) is 16.1 Å². The standard InChI is InChI=1S/C13H17N3S/c1-4-14-13(12-8-17-16-15-12)11-6-9(2)5-10(3)7-11/h5-8,13-14H,4H2,1-3H3. The summed E-state index contributed by atoms with van der Waals surface area (Å²) in [6, 6.07) is 6.75. The Morgan fingerprint density at radius 3 is 2.47 bits per heavy atom. The molecule has 2 rings (SSSR count). The molecule has 0 bridgehead atoms. The van der Waals surface area contributed by atoms with E-state index in [4.69, 9.17) is 0 Å². The summed E-state index contributed by atoms with van der Waals surface area (Å²) in [6.07, 6.45) is 0. The number of hydrogen-bond donors (Lipinski definition) is 1.